The summed E-state index contributed by atoms with van der Waals surface area (Å²) in [5.41, 5.74) is 0. The van der Waals surface area contributed by atoms with Crippen molar-refractivity contribution in [2.24, 2.45) is 0 Å². The smallest absolute Gasteiger partial charge is 0.268 e. The van der Waals surface area contributed by atoms with Crippen molar-refractivity contribution in [1.29, 1.82) is 0 Å². The van der Waals surface area contributed by atoms with Gasteiger partial charge in [-0.3, -0.25) is 9.36 Å². The highest BCUT2D eigenvalue weighted by atomic mass is 31.2. The van der Waals surface area contributed by atoms with Crippen LogP contribution in [0, 0.1) is 0 Å². The third-order valence-electron chi connectivity index (χ3n) is 8.88. The van der Waals surface area contributed by atoms with E-state index in [9.17, 15) is 19.4 Å². The molecule has 0 aliphatic rings. The van der Waals surface area contributed by atoms with E-state index in [0.29, 0.717) is 17.4 Å². The molecule has 0 aromatic carbocycles. The molecule has 3 atom stereocenters. The number of allylic oxidation sites excluding steroid dienone is 5. The maximum absolute atomic E-state index is 12.8. The largest absolute Gasteiger partial charge is 0.756 e. The van der Waals surface area contributed by atoms with Crippen LogP contribution in [0.2, 0.25) is 0 Å². The highest BCUT2D eigenvalue weighted by molar-refractivity contribution is 7.45. The van der Waals surface area contributed by atoms with Gasteiger partial charge in [-0.15, -0.1) is 0 Å². The van der Waals surface area contributed by atoms with Crippen molar-refractivity contribution < 1.29 is 32.9 Å². The molecule has 294 valence electrons. The van der Waals surface area contributed by atoms with Gasteiger partial charge in [0.1, 0.15) is 13.2 Å². The molecule has 1 amide bonds. The van der Waals surface area contributed by atoms with E-state index in [0.717, 1.165) is 32.1 Å². The molecule has 0 bridgehead atoms. The average molecular weight is 727 g/mol. The summed E-state index contributed by atoms with van der Waals surface area (Å²) in [6.07, 6.45) is 39.1. The number of phosphoric ester groups is 1. The van der Waals surface area contributed by atoms with Gasteiger partial charge in [-0.1, -0.05) is 153 Å². The fourth-order valence-electron chi connectivity index (χ4n) is 5.56. The molecule has 0 fully saturated rings. The molecule has 0 saturated carbocycles. The first-order valence-electron chi connectivity index (χ1n) is 20.4. The van der Waals surface area contributed by atoms with E-state index in [2.05, 4.69) is 37.4 Å². The average Bonchev–Trinajstić information content (AvgIpc) is 3.06. The molecule has 2 N–H and O–H groups in total. The number of likely N-dealkylation sites (N-methyl/N-ethyl adjacent to an activating group) is 1. The zero-order valence-corrected chi connectivity index (χ0v) is 34.0. The number of hydrogen-bond acceptors (Lipinski definition) is 6. The number of amides is 1. The molecule has 0 aromatic rings. The summed E-state index contributed by atoms with van der Waals surface area (Å²) >= 11 is 0. The highest BCUT2D eigenvalue weighted by Gasteiger charge is 2.23. The van der Waals surface area contributed by atoms with E-state index in [4.69, 9.17) is 9.05 Å². The molecule has 9 heteroatoms. The Morgan fingerprint density at radius 1 is 0.700 bits per heavy atom. The molecule has 0 radical (unpaired) electrons. The number of carbonyl (C=O) groups excluding carboxylic acids is 1. The van der Waals surface area contributed by atoms with Crippen LogP contribution in [0.4, 0.5) is 0 Å². The third kappa shape index (κ3) is 35.1. The predicted molar refractivity (Wildman–Crippen MR) is 210 cm³/mol. The van der Waals surface area contributed by atoms with Crippen LogP contribution in [0.25, 0.3) is 0 Å². The van der Waals surface area contributed by atoms with Crippen LogP contribution in [0.3, 0.4) is 0 Å². The molecule has 0 aromatic heterocycles. The second-order valence-corrected chi connectivity index (χ2v) is 16.4. The molecule has 0 rings (SSSR count). The molecule has 0 spiro atoms. The Labute approximate surface area is 308 Å². The zero-order chi connectivity index (χ0) is 37.2. The zero-order valence-electron chi connectivity index (χ0n) is 33.1. The summed E-state index contributed by atoms with van der Waals surface area (Å²) in [5, 5.41) is 13.6. The number of rotatable bonds is 36. The summed E-state index contributed by atoms with van der Waals surface area (Å²) in [7, 11) is 1.23. The van der Waals surface area contributed by atoms with Crippen molar-refractivity contribution in [1.82, 2.24) is 5.32 Å². The fraction of sp³-hybridized carbons (Fsp3) is 0.829. The quantitative estimate of drug-likeness (QED) is 0.0219. The lowest BCUT2D eigenvalue weighted by Crippen LogP contribution is -2.45. The first kappa shape index (κ1) is 48.7. The van der Waals surface area contributed by atoms with E-state index in [-0.39, 0.29) is 12.5 Å². The summed E-state index contributed by atoms with van der Waals surface area (Å²) < 4.78 is 23.1. The van der Waals surface area contributed by atoms with Crippen LogP contribution in [0.5, 0.6) is 0 Å². The minimum atomic E-state index is -4.59. The number of carbonyl (C=O) groups is 1. The van der Waals surface area contributed by atoms with E-state index in [1.807, 2.05) is 27.2 Å². The first-order valence-corrected chi connectivity index (χ1v) is 21.8. The number of phosphoric acid groups is 1. The summed E-state index contributed by atoms with van der Waals surface area (Å²) in [6, 6.07) is -0.917. The molecule has 0 aliphatic heterocycles. The van der Waals surface area contributed by atoms with Crippen LogP contribution in [-0.2, 0) is 18.4 Å². The van der Waals surface area contributed by atoms with Crippen molar-refractivity contribution in [3.8, 4) is 0 Å². The number of quaternary nitrogens is 1. The van der Waals surface area contributed by atoms with Crippen LogP contribution in [0.1, 0.15) is 168 Å². The van der Waals surface area contributed by atoms with Gasteiger partial charge in [-0.05, 0) is 44.9 Å². The van der Waals surface area contributed by atoms with Gasteiger partial charge in [0.15, 0.2) is 0 Å². The Morgan fingerprint density at radius 3 is 1.66 bits per heavy atom. The molecular formula is C41H79N2O6P. The van der Waals surface area contributed by atoms with Crippen LogP contribution >= 0.6 is 7.82 Å². The predicted octanol–water partition coefficient (Wildman–Crippen LogP) is 10.1. The van der Waals surface area contributed by atoms with Crippen molar-refractivity contribution in [2.75, 3.05) is 40.9 Å². The molecule has 0 heterocycles. The minimum absolute atomic E-state index is 0.0103. The van der Waals surface area contributed by atoms with Gasteiger partial charge in [0.25, 0.3) is 7.82 Å². The topological polar surface area (TPSA) is 108 Å². The third-order valence-corrected chi connectivity index (χ3v) is 9.84. The second kappa shape index (κ2) is 33.5. The Hall–Kier alpha value is -1.28. The van der Waals surface area contributed by atoms with Gasteiger partial charge >= 0.3 is 0 Å². The van der Waals surface area contributed by atoms with Crippen LogP contribution in [-0.4, -0.2) is 68.5 Å². The number of hydrogen-bond donors (Lipinski definition) is 2. The molecular weight excluding hydrogens is 647 g/mol. The summed E-state index contributed by atoms with van der Waals surface area (Å²) in [4.78, 5) is 25.2. The molecule has 0 saturated heterocycles. The van der Waals surface area contributed by atoms with Crippen molar-refractivity contribution in [2.45, 2.75) is 180 Å². The second-order valence-electron chi connectivity index (χ2n) is 15.0. The number of nitrogens with one attached hydrogen (secondary N) is 1. The van der Waals surface area contributed by atoms with Gasteiger partial charge in [-0.25, -0.2) is 0 Å². The first-order chi connectivity index (χ1) is 24.0. The number of nitrogens with zero attached hydrogens (tertiary/aromatic N) is 1. The molecule has 0 aliphatic carbocycles. The monoisotopic (exact) mass is 727 g/mol. The van der Waals surface area contributed by atoms with E-state index in [1.165, 1.54) is 116 Å². The van der Waals surface area contributed by atoms with Gasteiger partial charge in [-0.2, -0.15) is 0 Å². The SMILES string of the molecule is CCCCCCCC/C=C/CCCCCCCCCC(=O)N[C@@H](COP(=O)([O-])OCC[N+](C)(C)C)[C@H](O)/C=C/C=C/CCCCCCCCC. The standard InChI is InChI=1S/C41H79N2O6P/c1-6-8-10-12-14-16-18-19-20-21-22-23-25-27-29-31-33-35-41(45)42-39(38-49-50(46,47)48-37-36-43(3,4)5)40(44)34-32-30-28-26-24-17-15-13-11-9-7-2/h19-20,28,30,32,34,39-40,44H,6-18,21-27,29,31,33,35-38H2,1-5H3,(H-,42,45,46,47)/b20-19+,30-28+,34-32+/t39-,40+/m0/s1. The van der Waals surface area contributed by atoms with Gasteiger partial charge < -0.3 is 28.8 Å². The van der Waals surface area contributed by atoms with E-state index in [1.54, 1.807) is 12.2 Å². The summed E-state index contributed by atoms with van der Waals surface area (Å²) in [5.74, 6) is -0.222. The Morgan fingerprint density at radius 2 is 1.16 bits per heavy atom. The lowest BCUT2D eigenvalue weighted by Gasteiger charge is -2.29. The maximum Gasteiger partial charge on any atom is 0.268 e. The van der Waals surface area contributed by atoms with E-state index < -0.39 is 26.6 Å². The molecule has 1 unspecified atom stereocenters. The number of aliphatic hydroxyl groups excluding tert-OH is 1. The number of aliphatic hydroxyl groups is 1. The highest BCUT2D eigenvalue weighted by Crippen LogP contribution is 2.38. The molecule has 50 heavy (non-hydrogen) atoms. The van der Waals surface area contributed by atoms with Gasteiger partial charge in [0, 0.05) is 6.42 Å². The molecule has 8 nitrogen and oxygen atoms in total. The normalized spacial score (nSPS) is 14.9. The minimum Gasteiger partial charge on any atom is -0.756 e. The Kier molecular flexibility index (Phi) is 32.7. The van der Waals surface area contributed by atoms with Gasteiger partial charge in [0.05, 0.1) is 39.9 Å². The van der Waals surface area contributed by atoms with Crippen LogP contribution < -0.4 is 10.2 Å². The summed E-state index contributed by atoms with van der Waals surface area (Å²) in [6.45, 7) is 4.56. The van der Waals surface area contributed by atoms with Crippen LogP contribution in [0.15, 0.2) is 36.5 Å². The van der Waals surface area contributed by atoms with Crippen molar-refractivity contribution in [3.63, 3.8) is 0 Å². The number of unbranched alkanes of at least 4 members (excludes halogenated alkanes) is 20. The fourth-order valence-corrected chi connectivity index (χ4v) is 6.28. The van der Waals surface area contributed by atoms with Gasteiger partial charge in [0.2, 0.25) is 5.91 Å². The Bertz CT molecular complexity index is 917. The Balaban J connectivity index is 4.50. The van der Waals surface area contributed by atoms with Crippen molar-refractivity contribution in [3.05, 3.63) is 36.5 Å². The van der Waals surface area contributed by atoms with E-state index >= 15 is 0 Å². The van der Waals surface area contributed by atoms with Crippen molar-refractivity contribution >= 4 is 13.7 Å². The lowest BCUT2D eigenvalue weighted by atomic mass is 10.1. The lowest BCUT2D eigenvalue weighted by molar-refractivity contribution is -0.870. The maximum atomic E-state index is 12.8.